The molecule has 3 rings (SSSR count). The smallest absolute Gasteiger partial charge is 0.331 e. The first kappa shape index (κ1) is 12.5. The number of hydrogen-bond acceptors (Lipinski definition) is 2. The molecule has 0 atom stereocenters. The van der Waals surface area contributed by atoms with Crippen LogP contribution in [0, 0.1) is 0 Å². The summed E-state index contributed by atoms with van der Waals surface area (Å²) in [5.74, 6) is 0.472. The Kier molecular flexibility index (Phi) is 2.86. The number of aromatic amines is 1. The fraction of sp³-hybridized carbons (Fsp3) is 0.188. The van der Waals surface area contributed by atoms with Crippen LogP contribution in [-0.4, -0.2) is 9.55 Å². The summed E-state index contributed by atoms with van der Waals surface area (Å²) < 4.78 is 1.65. The van der Waals surface area contributed by atoms with Crippen LogP contribution >= 0.6 is 0 Å². The van der Waals surface area contributed by atoms with E-state index in [1.54, 1.807) is 10.6 Å². The van der Waals surface area contributed by atoms with E-state index >= 15 is 0 Å². The zero-order valence-electron chi connectivity index (χ0n) is 11.6. The number of nitrogens with zero attached hydrogens (tertiary/aromatic N) is 1. The van der Waals surface area contributed by atoms with E-state index in [0.29, 0.717) is 11.6 Å². The van der Waals surface area contributed by atoms with Gasteiger partial charge in [0.05, 0.1) is 16.7 Å². The van der Waals surface area contributed by atoms with Gasteiger partial charge < -0.3 is 10.7 Å². The number of nitrogen functional groups attached to an aromatic ring is 1. The minimum absolute atomic E-state index is 0.150. The number of anilines is 1. The van der Waals surface area contributed by atoms with Gasteiger partial charge in [0, 0.05) is 5.69 Å². The Morgan fingerprint density at radius 3 is 2.45 bits per heavy atom. The van der Waals surface area contributed by atoms with Gasteiger partial charge in [-0.25, -0.2) is 4.79 Å². The molecule has 0 saturated carbocycles. The van der Waals surface area contributed by atoms with Crippen molar-refractivity contribution in [3.63, 3.8) is 0 Å². The second-order valence-electron chi connectivity index (χ2n) is 5.29. The standard InChI is InChI=1S/C16H17N3O/c1-10(2)11-3-6-13(7-4-11)19-15-9-12(17)5-8-14(15)18-16(19)20/h3-10H,17H2,1-2H3,(H,18,20). The van der Waals surface area contributed by atoms with Crippen LogP contribution in [0.1, 0.15) is 25.3 Å². The summed E-state index contributed by atoms with van der Waals surface area (Å²) >= 11 is 0. The van der Waals surface area contributed by atoms with E-state index in [9.17, 15) is 4.79 Å². The normalized spacial score (nSPS) is 11.3. The predicted molar refractivity (Wildman–Crippen MR) is 82.4 cm³/mol. The van der Waals surface area contributed by atoms with Gasteiger partial charge in [0.25, 0.3) is 0 Å². The number of aromatic nitrogens is 2. The number of H-pyrrole nitrogens is 1. The van der Waals surface area contributed by atoms with Gasteiger partial charge in [-0.05, 0) is 41.8 Å². The number of imidazole rings is 1. The Hall–Kier alpha value is -2.49. The van der Waals surface area contributed by atoms with Crippen molar-refractivity contribution in [1.82, 2.24) is 9.55 Å². The third-order valence-corrected chi connectivity index (χ3v) is 3.53. The van der Waals surface area contributed by atoms with Gasteiger partial charge in [0.1, 0.15) is 0 Å². The third kappa shape index (κ3) is 1.99. The average Bonchev–Trinajstić information content (AvgIpc) is 2.74. The zero-order chi connectivity index (χ0) is 14.3. The molecule has 0 amide bonds. The van der Waals surface area contributed by atoms with Gasteiger partial charge in [0.2, 0.25) is 0 Å². The number of hydrogen-bond donors (Lipinski definition) is 2. The summed E-state index contributed by atoms with van der Waals surface area (Å²) in [5, 5.41) is 0. The summed E-state index contributed by atoms with van der Waals surface area (Å²) in [7, 11) is 0. The lowest BCUT2D eigenvalue weighted by Crippen LogP contribution is -2.14. The number of rotatable bonds is 2. The highest BCUT2D eigenvalue weighted by Gasteiger charge is 2.09. The maximum Gasteiger partial charge on any atom is 0.331 e. The Bertz CT molecular complexity index is 810. The van der Waals surface area contributed by atoms with E-state index in [4.69, 9.17) is 5.73 Å². The fourth-order valence-corrected chi connectivity index (χ4v) is 2.38. The molecule has 102 valence electrons. The lowest BCUT2D eigenvalue weighted by molar-refractivity contribution is 0.865. The summed E-state index contributed by atoms with van der Waals surface area (Å²) in [6, 6.07) is 13.5. The Morgan fingerprint density at radius 2 is 1.80 bits per heavy atom. The van der Waals surface area contributed by atoms with Crippen LogP contribution in [0.4, 0.5) is 5.69 Å². The Balaban J connectivity index is 2.21. The summed E-state index contributed by atoms with van der Waals surface area (Å²) in [4.78, 5) is 15.0. The van der Waals surface area contributed by atoms with Crippen LogP contribution < -0.4 is 11.4 Å². The average molecular weight is 267 g/mol. The summed E-state index contributed by atoms with van der Waals surface area (Å²) in [6.45, 7) is 4.29. The number of benzene rings is 2. The third-order valence-electron chi connectivity index (χ3n) is 3.53. The predicted octanol–water partition coefficient (Wildman–Crippen LogP) is 3.02. The molecule has 0 aliphatic heterocycles. The van der Waals surface area contributed by atoms with Gasteiger partial charge in [0.15, 0.2) is 0 Å². The van der Waals surface area contributed by atoms with Crippen LogP contribution in [0.15, 0.2) is 47.3 Å². The highest BCUT2D eigenvalue weighted by Crippen LogP contribution is 2.20. The molecule has 0 unspecified atom stereocenters. The minimum Gasteiger partial charge on any atom is -0.399 e. The maximum absolute atomic E-state index is 12.1. The van der Waals surface area contributed by atoms with E-state index in [2.05, 4.69) is 31.0 Å². The van der Waals surface area contributed by atoms with Crippen molar-refractivity contribution in [2.45, 2.75) is 19.8 Å². The Morgan fingerprint density at radius 1 is 1.10 bits per heavy atom. The van der Waals surface area contributed by atoms with Crippen molar-refractivity contribution < 1.29 is 0 Å². The molecule has 0 bridgehead atoms. The first-order valence-electron chi connectivity index (χ1n) is 6.67. The van der Waals surface area contributed by atoms with Gasteiger partial charge in [-0.3, -0.25) is 4.57 Å². The Labute approximate surface area is 116 Å². The SMILES string of the molecule is CC(C)c1ccc(-n2c(=O)[nH]c3ccc(N)cc32)cc1. The first-order chi connectivity index (χ1) is 9.56. The molecular weight excluding hydrogens is 250 g/mol. The van der Waals surface area contributed by atoms with Gasteiger partial charge in [-0.2, -0.15) is 0 Å². The van der Waals surface area contributed by atoms with Crippen molar-refractivity contribution >= 4 is 16.7 Å². The molecule has 4 nitrogen and oxygen atoms in total. The second kappa shape index (κ2) is 4.56. The largest absolute Gasteiger partial charge is 0.399 e. The second-order valence-corrected chi connectivity index (χ2v) is 5.29. The van der Waals surface area contributed by atoms with Gasteiger partial charge >= 0.3 is 5.69 Å². The van der Waals surface area contributed by atoms with Crippen LogP contribution in [-0.2, 0) is 0 Å². The summed E-state index contributed by atoms with van der Waals surface area (Å²) in [6.07, 6.45) is 0. The molecular formula is C16H17N3O. The monoisotopic (exact) mass is 267 g/mol. The minimum atomic E-state index is -0.150. The van der Waals surface area contributed by atoms with Crippen molar-refractivity contribution in [3.8, 4) is 5.69 Å². The van der Waals surface area contributed by atoms with Crippen LogP contribution in [0.2, 0.25) is 0 Å². The van der Waals surface area contributed by atoms with Gasteiger partial charge in [-0.1, -0.05) is 26.0 Å². The molecule has 0 fully saturated rings. The number of fused-ring (bicyclic) bond motifs is 1. The summed E-state index contributed by atoms with van der Waals surface area (Å²) in [5.41, 5.74) is 9.99. The molecule has 0 aliphatic carbocycles. The maximum atomic E-state index is 12.1. The molecule has 3 N–H and O–H groups in total. The first-order valence-corrected chi connectivity index (χ1v) is 6.67. The van der Waals surface area contributed by atoms with Crippen molar-refractivity contribution in [2.75, 3.05) is 5.73 Å². The van der Waals surface area contributed by atoms with Crippen LogP contribution in [0.5, 0.6) is 0 Å². The lowest BCUT2D eigenvalue weighted by atomic mass is 10.0. The fourth-order valence-electron chi connectivity index (χ4n) is 2.38. The van der Waals surface area contributed by atoms with E-state index < -0.39 is 0 Å². The highest BCUT2D eigenvalue weighted by atomic mass is 16.1. The molecule has 0 radical (unpaired) electrons. The molecule has 0 spiro atoms. The van der Waals surface area contributed by atoms with Crippen LogP contribution in [0.25, 0.3) is 16.7 Å². The molecule has 20 heavy (non-hydrogen) atoms. The molecule has 3 aromatic rings. The highest BCUT2D eigenvalue weighted by molar-refractivity contribution is 5.80. The van der Waals surface area contributed by atoms with E-state index in [-0.39, 0.29) is 5.69 Å². The van der Waals surface area contributed by atoms with E-state index in [1.807, 2.05) is 24.3 Å². The van der Waals surface area contributed by atoms with E-state index in [1.165, 1.54) is 5.56 Å². The van der Waals surface area contributed by atoms with Crippen molar-refractivity contribution in [2.24, 2.45) is 0 Å². The lowest BCUT2D eigenvalue weighted by Gasteiger charge is -2.08. The van der Waals surface area contributed by atoms with Crippen molar-refractivity contribution in [3.05, 3.63) is 58.5 Å². The molecule has 1 heterocycles. The molecule has 2 aromatic carbocycles. The quantitative estimate of drug-likeness (QED) is 0.701. The topological polar surface area (TPSA) is 63.8 Å². The molecule has 4 heteroatoms. The number of nitrogens with two attached hydrogens (primary N) is 1. The van der Waals surface area contributed by atoms with Crippen molar-refractivity contribution in [1.29, 1.82) is 0 Å². The van der Waals surface area contributed by atoms with Gasteiger partial charge in [-0.15, -0.1) is 0 Å². The molecule has 1 aromatic heterocycles. The zero-order valence-corrected chi connectivity index (χ0v) is 11.6. The molecule has 0 aliphatic rings. The van der Waals surface area contributed by atoms with E-state index in [0.717, 1.165) is 16.7 Å². The molecule has 0 saturated heterocycles. The number of nitrogens with one attached hydrogen (secondary N) is 1. The van der Waals surface area contributed by atoms with Crippen LogP contribution in [0.3, 0.4) is 0 Å².